The van der Waals surface area contributed by atoms with Gasteiger partial charge in [-0.05, 0) is 43.8 Å². The molecule has 0 unspecified atom stereocenters. The van der Waals surface area contributed by atoms with E-state index in [0.29, 0.717) is 17.3 Å². The Bertz CT molecular complexity index is 619. The number of carbonyl (C=O) groups is 1. The summed E-state index contributed by atoms with van der Waals surface area (Å²) >= 11 is 1.15. The van der Waals surface area contributed by atoms with Crippen molar-refractivity contribution >= 4 is 17.4 Å². The molecule has 0 saturated heterocycles. The van der Waals surface area contributed by atoms with Crippen molar-refractivity contribution in [1.29, 1.82) is 0 Å². The van der Waals surface area contributed by atoms with Gasteiger partial charge in [-0.3, -0.25) is 9.48 Å². The van der Waals surface area contributed by atoms with Crippen molar-refractivity contribution in [2.45, 2.75) is 40.7 Å². The van der Waals surface area contributed by atoms with Crippen molar-refractivity contribution in [2.75, 3.05) is 6.54 Å². The zero-order valence-corrected chi connectivity index (χ0v) is 13.7. The van der Waals surface area contributed by atoms with Crippen LogP contribution in [-0.2, 0) is 13.0 Å². The molecule has 0 aliphatic heterocycles. The molecule has 114 valence electrons. The lowest BCUT2D eigenvalue weighted by atomic mass is 10.2. The summed E-state index contributed by atoms with van der Waals surface area (Å²) in [6.45, 7) is 9.50. The fraction of sp³-hybridized carbons (Fsp3) is 0.571. The van der Waals surface area contributed by atoms with Crippen molar-refractivity contribution in [2.24, 2.45) is 5.92 Å². The summed E-state index contributed by atoms with van der Waals surface area (Å²) in [7, 11) is 0. The van der Waals surface area contributed by atoms with Gasteiger partial charge in [0.25, 0.3) is 5.91 Å². The predicted molar refractivity (Wildman–Crippen MR) is 82.5 cm³/mol. The van der Waals surface area contributed by atoms with Crippen molar-refractivity contribution < 1.29 is 4.79 Å². The van der Waals surface area contributed by atoms with Gasteiger partial charge >= 0.3 is 0 Å². The minimum Gasteiger partial charge on any atom is -0.351 e. The first-order valence-corrected chi connectivity index (χ1v) is 7.89. The maximum absolute atomic E-state index is 12.1. The van der Waals surface area contributed by atoms with Crippen LogP contribution in [0.2, 0.25) is 0 Å². The molecule has 0 bridgehead atoms. The summed E-state index contributed by atoms with van der Waals surface area (Å²) in [6.07, 6.45) is 0.723. The molecular weight excluding hydrogens is 286 g/mol. The minimum absolute atomic E-state index is 0.0814. The topological polar surface area (TPSA) is 72.7 Å². The van der Waals surface area contributed by atoms with Gasteiger partial charge in [-0.2, -0.15) is 5.10 Å². The van der Waals surface area contributed by atoms with Crippen LogP contribution in [0.15, 0.2) is 6.07 Å². The van der Waals surface area contributed by atoms with Crippen molar-refractivity contribution in [1.82, 2.24) is 24.7 Å². The van der Waals surface area contributed by atoms with Crippen LogP contribution < -0.4 is 5.32 Å². The Hall–Kier alpha value is -1.76. The number of nitrogens with one attached hydrogen (secondary N) is 1. The second kappa shape index (κ2) is 6.80. The molecule has 2 aromatic rings. The molecule has 0 aliphatic carbocycles. The number of nitrogens with zero attached hydrogens (tertiary/aromatic N) is 4. The molecule has 6 nitrogen and oxygen atoms in total. The van der Waals surface area contributed by atoms with Gasteiger partial charge in [-0.15, -0.1) is 5.10 Å². The highest BCUT2D eigenvalue weighted by Crippen LogP contribution is 2.11. The zero-order chi connectivity index (χ0) is 15.4. The van der Waals surface area contributed by atoms with Gasteiger partial charge in [-0.25, -0.2) is 0 Å². The Morgan fingerprint density at radius 3 is 2.86 bits per heavy atom. The Morgan fingerprint density at radius 2 is 2.24 bits per heavy atom. The largest absolute Gasteiger partial charge is 0.351 e. The van der Waals surface area contributed by atoms with E-state index in [1.54, 1.807) is 0 Å². The summed E-state index contributed by atoms with van der Waals surface area (Å²) in [4.78, 5) is 12.7. The molecule has 1 amide bonds. The summed E-state index contributed by atoms with van der Waals surface area (Å²) in [6, 6.07) is 2.06. The van der Waals surface area contributed by atoms with Crippen LogP contribution in [0.5, 0.6) is 0 Å². The summed E-state index contributed by atoms with van der Waals surface area (Å²) in [5, 5.41) is 11.4. The minimum atomic E-state index is -0.0814. The van der Waals surface area contributed by atoms with Crippen LogP contribution in [0.25, 0.3) is 0 Å². The van der Waals surface area contributed by atoms with E-state index in [9.17, 15) is 4.79 Å². The van der Waals surface area contributed by atoms with E-state index in [0.717, 1.165) is 41.6 Å². The van der Waals surface area contributed by atoms with E-state index >= 15 is 0 Å². The molecule has 0 aromatic carbocycles. The Labute approximate surface area is 128 Å². The molecule has 0 fully saturated rings. The quantitative estimate of drug-likeness (QED) is 0.885. The molecule has 1 N–H and O–H groups in total. The average Bonchev–Trinajstić information content (AvgIpc) is 3.03. The summed E-state index contributed by atoms with van der Waals surface area (Å²) in [5.41, 5.74) is 2.93. The molecule has 1 atom stereocenters. The molecule has 7 heteroatoms. The molecule has 2 heterocycles. The molecular formula is C14H21N5OS. The molecule has 0 aliphatic rings. The van der Waals surface area contributed by atoms with Gasteiger partial charge in [0, 0.05) is 18.8 Å². The number of hydrogen-bond donors (Lipinski definition) is 1. The Balaban J connectivity index is 1.88. The van der Waals surface area contributed by atoms with Crippen molar-refractivity contribution in [3.05, 3.63) is 28.0 Å². The fourth-order valence-electron chi connectivity index (χ4n) is 2.18. The van der Waals surface area contributed by atoms with E-state index in [1.165, 1.54) is 0 Å². The van der Waals surface area contributed by atoms with E-state index in [4.69, 9.17) is 0 Å². The van der Waals surface area contributed by atoms with Crippen LogP contribution in [0.1, 0.15) is 40.6 Å². The number of rotatable bonds is 6. The fourth-order valence-corrected chi connectivity index (χ4v) is 2.85. The van der Waals surface area contributed by atoms with Crippen LogP contribution in [0.4, 0.5) is 0 Å². The maximum atomic E-state index is 12.1. The number of aryl methyl sites for hydroxylation is 3. The molecule has 2 aromatic heterocycles. The summed E-state index contributed by atoms with van der Waals surface area (Å²) < 4.78 is 5.82. The van der Waals surface area contributed by atoms with Crippen LogP contribution in [0, 0.1) is 19.8 Å². The average molecular weight is 307 g/mol. The van der Waals surface area contributed by atoms with Gasteiger partial charge < -0.3 is 5.32 Å². The first kappa shape index (κ1) is 15.6. The first-order chi connectivity index (χ1) is 10.0. The molecule has 0 saturated carbocycles. The van der Waals surface area contributed by atoms with Crippen LogP contribution in [-0.4, -0.2) is 31.8 Å². The number of carbonyl (C=O) groups excluding carboxylic acids is 1. The number of amides is 1. The summed E-state index contributed by atoms with van der Waals surface area (Å²) in [5.74, 6) is 0.222. The third-order valence-electron chi connectivity index (χ3n) is 3.30. The Kier molecular flexibility index (Phi) is 5.06. The lowest BCUT2D eigenvalue weighted by Gasteiger charge is -2.13. The van der Waals surface area contributed by atoms with Gasteiger partial charge in [0.1, 0.15) is 4.88 Å². The highest BCUT2D eigenvalue weighted by Gasteiger charge is 2.16. The van der Waals surface area contributed by atoms with E-state index in [2.05, 4.69) is 33.0 Å². The molecule has 0 radical (unpaired) electrons. The first-order valence-electron chi connectivity index (χ1n) is 7.11. The second-order valence-electron chi connectivity index (χ2n) is 5.33. The molecule has 21 heavy (non-hydrogen) atoms. The van der Waals surface area contributed by atoms with Gasteiger partial charge in [0.05, 0.1) is 11.4 Å². The van der Waals surface area contributed by atoms with Gasteiger partial charge in [0.15, 0.2) is 0 Å². The highest BCUT2D eigenvalue weighted by molar-refractivity contribution is 7.08. The normalized spacial score (nSPS) is 12.4. The van der Waals surface area contributed by atoms with Crippen LogP contribution >= 0.6 is 11.5 Å². The maximum Gasteiger partial charge on any atom is 0.264 e. The smallest absolute Gasteiger partial charge is 0.264 e. The van der Waals surface area contributed by atoms with Crippen LogP contribution in [0.3, 0.4) is 0 Å². The third-order valence-corrected chi connectivity index (χ3v) is 4.06. The van der Waals surface area contributed by atoms with E-state index in [-0.39, 0.29) is 5.91 Å². The number of hydrogen-bond acceptors (Lipinski definition) is 5. The Morgan fingerprint density at radius 1 is 1.48 bits per heavy atom. The molecule has 2 rings (SSSR count). The number of aromatic nitrogens is 4. The van der Waals surface area contributed by atoms with E-state index < -0.39 is 0 Å². The SMILES string of the molecule is CCc1nnsc1C(=O)NC[C@@H](C)Cn1nc(C)cc1C. The lowest BCUT2D eigenvalue weighted by molar-refractivity contribution is 0.0949. The molecule has 0 spiro atoms. The van der Waals surface area contributed by atoms with Crippen molar-refractivity contribution in [3.8, 4) is 0 Å². The monoisotopic (exact) mass is 307 g/mol. The van der Waals surface area contributed by atoms with Gasteiger partial charge in [-0.1, -0.05) is 18.3 Å². The van der Waals surface area contributed by atoms with E-state index in [1.807, 2.05) is 25.5 Å². The third kappa shape index (κ3) is 3.87. The lowest BCUT2D eigenvalue weighted by Crippen LogP contribution is -2.30. The standard InChI is InChI=1S/C14H21N5OS/c1-5-12-13(21-18-16-12)14(20)15-7-9(2)8-19-11(4)6-10(3)17-19/h6,9H,5,7-8H2,1-4H3,(H,15,20)/t9-/m1/s1. The van der Waals surface area contributed by atoms with Gasteiger partial charge in [0.2, 0.25) is 0 Å². The highest BCUT2D eigenvalue weighted by atomic mass is 32.1. The van der Waals surface area contributed by atoms with Crippen molar-refractivity contribution in [3.63, 3.8) is 0 Å². The predicted octanol–water partition coefficient (Wildman–Crippen LogP) is 1.98. The zero-order valence-electron chi connectivity index (χ0n) is 12.9. The second-order valence-corrected chi connectivity index (χ2v) is 6.08.